The summed E-state index contributed by atoms with van der Waals surface area (Å²) in [6.07, 6.45) is 0. The second-order valence-electron chi connectivity index (χ2n) is 3.50. The van der Waals surface area contributed by atoms with E-state index >= 15 is 0 Å². The van der Waals surface area contributed by atoms with E-state index in [1.165, 1.54) is 15.3 Å². The third-order valence-corrected chi connectivity index (χ3v) is 3.29. The maximum Gasteiger partial charge on any atom is 0.246 e. The van der Waals surface area contributed by atoms with Gasteiger partial charge in [-0.25, -0.2) is 0 Å². The zero-order chi connectivity index (χ0) is 10.1. The fraction of sp³-hybridized carbons (Fsp3) is 0.500. The molecule has 1 unspecified atom stereocenters. The predicted octanol–water partition coefficient (Wildman–Crippen LogP) is 1.55. The lowest BCUT2D eigenvalue weighted by molar-refractivity contribution is -0.131. The molecule has 1 amide bonds. The van der Waals surface area contributed by atoms with Crippen molar-refractivity contribution in [2.45, 2.75) is 19.9 Å². The molecule has 1 N–H and O–H groups in total. The van der Waals surface area contributed by atoms with E-state index in [4.69, 9.17) is 4.74 Å². The Morgan fingerprint density at radius 3 is 2.93 bits per heavy atom. The summed E-state index contributed by atoms with van der Waals surface area (Å²) in [5.41, 5.74) is 1.19. The number of morpholine rings is 1. The molecule has 1 fully saturated rings. The number of hydrogen-bond acceptors (Lipinski definition) is 3. The zero-order valence-corrected chi connectivity index (χ0v) is 9.11. The van der Waals surface area contributed by atoms with Crippen LogP contribution in [-0.4, -0.2) is 19.1 Å². The fourth-order valence-corrected chi connectivity index (χ4v) is 2.70. The first-order chi connectivity index (χ1) is 6.66. The second kappa shape index (κ2) is 3.71. The molecule has 1 aliphatic heterocycles. The van der Waals surface area contributed by atoms with Gasteiger partial charge in [-0.1, -0.05) is 0 Å². The Hall–Kier alpha value is -0.870. The molecule has 0 aliphatic carbocycles. The number of amides is 1. The van der Waals surface area contributed by atoms with Crippen molar-refractivity contribution in [2.75, 3.05) is 13.2 Å². The van der Waals surface area contributed by atoms with E-state index < -0.39 is 0 Å². The molecule has 1 aromatic rings. The van der Waals surface area contributed by atoms with Crippen LogP contribution >= 0.6 is 11.3 Å². The van der Waals surface area contributed by atoms with Gasteiger partial charge in [0.2, 0.25) is 5.91 Å². The molecule has 2 rings (SSSR count). The van der Waals surface area contributed by atoms with Gasteiger partial charge >= 0.3 is 0 Å². The Morgan fingerprint density at radius 1 is 1.57 bits per heavy atom. The van der Waals surface area contributed by atoms with E-state index in [2.05, 4.69) is 25.2 Å². The lowest BCUT2D eigenvalue weighted by atomic mass is 10.1. The van der Waals surface area contributed by atoms with Gasteiger partial charge in [0.15, 0.2) is 0 Å². The van der Waals surface area contributed by atoms with Gasteiger partial charge in [-0.3, -0.25) is 4.79 Å². The summed E-state index contributed by atoms with van der Waals surface area (Å²) in [5.74, 6) is -0.0236. The third-order valence-electron chi connectivity index (χ3n) is 2.31. The quantitative estimate of drug-likeness (QED) is 0.765. The van der Waals surface area contributed by atoms with Crippen molar-refractivity contribution in [3.05, 3.63) is 21.4 Å². The smallest absolute Gasteiger partial charge is 0.246 e. The number of ether oxygens (including phenoxy) is 1. The van der Waals surface area contributed by atoms with Gasteiger partial charge in [0.25, 0.3) is 0 Å². The molecule has 1 aliphatic rings. The number of thiophene rings is 1. The van der Waals surface area contributed by atoms with Crippen LogP contribution in [-0.2, 0) is 9.53 Å². The maximum atomic E-state index is 11.1. The summed E-state index contributed by atoms with van der Waals surface area (Å²) in [4.78, 5) is 13.7. The van der Waals surface area contributed by atoms with Gasteiger partial charge in [0.1, 0.15) is 6.61 Å². The summed E-state index contributed by atoms with van der Waals surface area (Å²) in [6, 6.07) is 2.17. The van der Waals surface area contributed by atoms with Crippen LogP contribution < -0.4 is 5.32 Å². The normalized spacial score (nSPS) is 22.1. The van der Waals surface area contributed by atoms with E-state index in [0.717, 1.165) is 0 Å². The lowest BCUT2D eigenvalue weighted by Gasteiger charge is -2.23. The topological polar surface area (TPSA) is 38.3 Å². The van der Waals surface area contributed by atoms with Gasteiger partial charge in [-0.05, 0) is 25.5 Å². The minimum atomic E-state index is -0.0236. The Morgan fingerprint density at radius 2 is 2.36 bits per heavy atom. The van der Waals surface area contributed by atoms with Crippen LogP contribution in [0.2, 0.25) is 0 Å². The minimum Gasteiger partial charge on any atom is -0.369 e. The standard InChI is InChI=1S/C10H13NO2S/c1-6-3-8(7(2)14-6)9-4-13-5-10(12)11-9/h3,9H,4-5H2,1-2H3,(H,11,12). The molecular formula is C10H13NO2S. The first-order valence-corrected chi connectivity index (χ1v) is 5.42. The molecule has 14 heavy (non-hydrogen) atoms. The van der Waals surface area contributed by atoms with Crippen LogP contribution in [0.4, 0.5) is 0 Å². The first kappa shape index (κ1) is 9.68. The van der Waals surface area contributed by atoms with Crippen molar-refractivity contribution in [2.24, 2.45) is 0 Å². The molecule has 0 bridgehead atoms. The highest BCUT2D eigenvalue weighted by Gasteiger charge is 2.22. The first-order valence-electron chi connectivity index (χ1n) is 4.61. The summed E-state index contributed by atoms with van der Waals surface area (Å²) < 4.78 is 5.21. The van der Waals surface area contributed by atoms with Gasteiger partial charge in [0.05, 0.1) is 12.6 Å². The molecule has 1 aromatic heterocycles. The SMILES string of the molecule is Cc1cc(C2COCC(=O)N2)c(C)s1. The van der Waals surface area contributed by atoms with E-state index in [1.54, 1.807) is 11.3 Å². The number of aryl methyl sites for hydroxylation is 2. The second-order valence-corrected chi connectivity index (χ2v) is 4.96. The van der Waals surface area contributed by atoms with Gasteiger partial charge in [0, 0.05) is 9.75 Å². The summed E-state index contributed by atoms with van der Waals surface area (Å²) in [5, 5.41) is 2.93. The van der Waals surface area contributed by atoms with Crippen LogP contribution in [0.1, 0.15) is 21.4 Å². The molecule has 2 heterocycles. The molecule has 3 nitrogen and oxygen atoms in total. The Kier molecular flexibility index (Phi) is 2.56. The highest BCUT2D eigenvalue weighted by Crippen LogP contribution is 2.27. The van der Waals surface area contributed by atoms with Crippen molar-refractivity contribution < 1.29 is 9.53 Å². The number of rotatable bonds is 1. The lowest BCUT2D eigenvalue weighted by Crippen LogP contribution is -2.39. The number of nitrogens with one attached hydrogen (secondary N) is 1. The van der Waals surface area contributed by atoms with Crippen LogP contribution in [0.3, 0.4) is 0 Å². The van der Waals surface area contributed by atoms with E-state index in [9.17, 15) is 4.79 Å². The molecular weight excluding hydrogens is 198 g/mol. The van der Waals surface area contributed by atoms with E-state index in [-0.39, 0.29) is 18.6 Å². The highest BCUT2D eigenvalue weighted by atomic mass is 32.1. The van der Waals surface area contributed by atoms with Crippen LogP contribution in [0.25, 0.3) is 0 Å². The highest BCUT2D eigenvalue weighted by molar-refractivity contribution is 7.12. The molecule has 4 heteroatoms. The van der Waals surface area contributed by atoms with Crippen molar-refractivity contribution in [1.29, 1.82) is 0 Å². The Labute approximate surface area is 87.1 Å². The molecule has 0 spiro atoms. The predicted molar refractivity (Wildman–Crippen MR) is 55.5 cm³/mol. The maximum absolute atomic E-state index is 11.1. The Bertz CT molecular complexity index is 359. The summed E-state index contributed by atoms with van der Waals surface area (Å²) in [7, 11) is 0. The van der Waals surface area contributed by atoms with Gasteiger partial charge in [-0.15, -0.1) is 11.3 Å². The average Bonchev–Trinajstić information content (AvgIpc) is 2.45. The van der Waals surface area contributed by atoms with Gasteiger partial charge in [-0.2, -0.15) is 0 Å². The number of carbonyl (C=O) groups is 1. The van der Waals surface area contributed by atoms with Crippen LogP contribution in [0.5, 0.6) is 0 Å². The number of hydrogen-bond donors (Lipinski definition) is 1. The van der Waals surface area contributed by atoms with Crippen molar-refractivity contribution in [3.8, 4) is 0 Å². The van der Waals surface area contributed by atoms with Gasteiger partial charge < -0.3 is 10.1 Å². The fourth-order valence-electron chi connectivity index (χ4n) is 1.71. The molecule has 76 valence electrons. The molecule has 1 atom stereocenters. The van der Waals surface area contributed by atoms with Crippen molar-refractivity contribution in [3.63, 3.8) is 0 Å². The molecule has 0 radical (unpaired) electrons. The average molecular weight is 211 g/mol. The van der Waals surface area contributed by atoms with Crippen molar-refractivity contribution in [1.82, 2.24) is 5.32 Å². The third kappa shape index (κ3) is 1.81. The summed E-state index contributed by atoms with van der Waals surface area (Å²) in [6.45, 7) is 4.93. The minimum absolute atomic E-state index is 0.0236. The van der Waals surface area contributed by atoms with E-state index in [0.29, 0.717) is 6.61 Å². The molecule has 0 saturated carbocycles. The van der Waals surface area contributed by atoms with E-state index in [1.807, 2.05) is 0 Å². The van der Waals surface area contributed by atoms with Crippen LogP contribution in [0, 0.1) is 13.8 Å². The summed E-state index contributed by atoms with van der Waals surface area (Å²) >= 11 is 1.76. The zero-order valence-electron chi connectivity index (χ0n) is 8.29. The van der Waals surface area contributed by atoms with Crippen molar-refractivity contribution >= 4 is 17.2 Å². The molecule has 0 aromatic carbocycles. The molecule has 1 saturated heterocycles. The Balaban J connectivity index is 2.21. The van der Waals surface area contributed by atoms with Crippen LogP contribution in [0.15, 0.2) is 6.07 Å². The largest absolute Gasteiger partial charge is 0.369 e. The number of carbonyl (C=O) groups excluding carboxylic acids is 1. The monoisotopic (exact) mass is 211 g/mol.